The summed E-state index contributed by atoms with van der Waals surface area (Å²) in [6.07, 6.45) is 6.95. The fraction of sp³-hybridized carbons (Fsp3) is 0.320. The van der Waals surface area contributed by atoms with Crippen LogP contribution in [0.3, 0.4) is 0 Å². The van der Waals surface area contributed by atoms with Crippen molar-refractivity contribution in [1.82, 2.24) is 5.32 Å². The number of carbonyl (C=O) groups excluding carboxylic acids is 2. The maximum atomic E-state index is 12.7. The monoisotopic (exact) mass is 420 g/mol. The normalized spacial score (nSPS) is 14.6. The van der Waals surface area contributed by atoms with Crippen molar-refractivity contribution in [1.29, 1.82) is 0 Å². The SMILES string of the molecule is O=C(O)CCC(=O)Nc1ccc(C(=CC(=O)NC2CCCCC2)c2ccccc2)cc1. The van der Waals surface area contributed by atoms with Crippen LogP contribution in [0.15, 0.2) is 60.7 Å². The summed E-state index contributed by atoms with van der Waals surface area (Å²) in [6, 6.07) is 17.1. The van der Waals surface area contributed by atoms with Gasteiger partial charge < -0.3 is 15.7 Å². The third-order valence-corrected chi connectivity index (χ3v) is 5.36. The number of carbonyl (C=O) groups is 3. The molecule has 0 radical (unpaired) electrons. The van der Waals surface area contributed by atoms with Crippen molar-refractivity contribution >= 4 is 29.0 Å². The zero-order valence-corrected chi connectivity index (χ0v) is 17.5. The zero-order chi connectivity index (χ0) is 22.1. The first-order valence-corrected chi connectivity index (χ1v) is 10.7. The van der Waals surface area contributed by atoms with Gasteiger partial charge in [0.25, 0.3) is 0 Å². The Morgan fingerprint density at radius 2 is 1.52 bits per heavy atom. The smallest absolute Gasteiger partial charge is 0.303 e. The largest absolute Gasteiger partial charge is 0.481 e. The number of aliphatic carboxylic acids is 1. The van der Waals surface area contributed by atoms with Gasteiger partial charge in [-0.15, -0.1) is 0 Å². The maximum Gasteiger partial charge on any atom is 0.303 e. The predicted octanol–water partition coefficient (Wildman–Crippen LogP) is 4.37. The quantitative estimate of drug-likeness (QED) is 0.553. The van der Waals surface area contributed by atoms with E-state index in [9.17, 15) is 14.4 Å². The molecule has 162 valence electrons. The molecule has 0 unspecified atom stereocenters. The van der Waals surface area contributed by atoms with Gasteiger partial charge in [-0.2, -0.15) is 0 Å². The van der Waals surface area contributed by atoms with Crippen LogP contribution in [0.2, 0.25) is 0 Å². The van der Waals surface area contributed by atoms with E-state index in [1.54, 1.807) is 18.2 Å². The van der Waals surface area contributed by atoms with Crippen LogP contribution in [0, 0.1) is 0 Å². The van der Waals surface area contributed by atoms with Crippen LogP contribution in [0.4, 0.5) is 5.69 Å². The van der Waals surface area contributed by atoms with Gasteiger partial charge in [-0.1, -0.05) is 61.7 Å². The molecule has 1 saturated carbocycles. The van der Waals surface area contributed by atoms with Gasteiger partial charge >= 0.3 is 5.97 Å². The highest BCUT2D eigenvalue weighted by molar-refractivity contribution is 5.99. The van der Waals surface area contributed by atoms with Crippen molar-refractivity contribution in [2.75, 3.05) is 5.32 Å². The number of amides is 2. The Bertz CT molecular complexity index is 930. The average molecular weight is 421 g/mol. The summed E-state index contributed by atoms with van der Waals surface area (Å²) in [5.74, 6) is -1.45. The Kier molecular flexibility index (Phi) is 7.98. The molecule has 6 heteroatoms. The number of hydrogen-bond donors (Lipinski definition) is 3. The summed E-state index contributed by atoms with van der Waals surface area (Å²) in [4.78, 5) is 35.2. The van der Waals surface area contributed by atoms with E-state index in [0.29, 0.717) is 5.69 Å². The van der Waals surface area contributed by atoms with Crippen molar-refractivity contribution in [3.8, 4) is 0 Å². The lowest BCUT2D eigenvalue weighted by atomic mass is 9.94. The molecular formula is C25H28N2O4. The summed E-state index contributed by atoms with van der Waals surface area (Å²) in [6.45, 7) is 0. The van der Waals surface area contributed by atoms with Gasteiger partial charge in [-0.25, -0.2) is 0 Å². The molecule has 2 aromatic rings. The van der Waals surface area contributed by atoms with Crippen LogP contribution in [0.5, 0.6) is 0 Å². The summed E-state index contributed by atoms with van der Waals surface area (Å²) >= 11 is 0. The molecule has 1 aliphatic rings. The van der Waals surface area contributed by atoms with Crippen molar-refractivity contribution in [3.05, 3.63) is 71.8 Å². The molecule has 0 spiro atoms. The predicted molar refractivity (Wildman–Crippen MR) is 120 cm³/mol. The topological polar surface area (TPSA) is 95.5 Å². The maximum absolute atomic E-state index is 12.7. The number of rotatable bonds is 8. The van der Waals surface area contributed by atoms with E-state index in [2.05, 4.69) is 10.6 Å². The van der Waals surface area contributed by atoms with Crippen molar-refractivity contribution in [3.63, 3.8) is 0 Å². The summed E-state index contributed by atoms with van der Waals surface area (Å²) < 4.78 is 0. The number of hydrogen-bond acceptors (Lipinski definition) is 3. The second-order valence-electron chi connectivity index (χ2n) is 7.79. The number of carboxylic acid groups (broad SMARTS) is 1. The van der Waals surface area contributed by atoms with Gasteiger partial charge in [-0.05, 0) is 41.7 Å². The van der Waals surface area contributed by atoms with Crippen LogP contribution in [-0.4, -0.2) is 28.9 Å². The standard InChI is InChI=1S/C25H28N2O4/c28-23(15-16-25(30)31)26-21-13-11-19(12-14-21)22(18-7-3-1-4-8-18)17-24(29)27-20-9-5-2-6-10-20/h1,3-4,7-8,11-14,17,20H,2,5-6,9-10,15-16H2,(H,26,28)(H,27,29)(H,30,31). The molecular weight excluding hydrogens is 392 g/mol. The molecule has 1 aliphatic carbocycles. The third kappa shape index (κ3) is 7.10. The van der Waals surface area contributed by atoms with Crippen LogP contribution in [-0.2, 0) is 14.4 Å². The molecule has 0 atom stereocenters. The Hall–Kier alpha value is -3.41. The molecule has 1 fully saturated rings. The minimum absolute atomic E-state index is 0.0758. The van der Waals surface area contributed by atoms with E-state index >= 15 is 0 Å². The second kappa shape index (κ2) is 11.1. The number of nitrogens with one attached hydrogen (secondary N) is 2. The minimum Gasteiger partial charge on any atom is -0.481 e. The first-order valence-electron chi connectivity index (χ1n) is 10.7. The van der Waals surface area contributed by atoms with E-state index in [4.69, 9.17) is 5.11 Å². The van der Waals surface area contributed by atoms with Gasteiger partial charge in [0.2, 0.25) is 11.8 Å². The molecule has 3 N–H and O–H groups in total. The molecule has 0 aliphatic heterocycles. The first-order chi connectivity index (χ1) is 15.0. The van der Waals surface area contributed by atoms with Gasteiger partial charge in [0, 0.05) is 24.2 Å². The lowest BCUT2D eigenvalue weighted by Crippen LogP contribution is -2.35. The highest BCUT2D eigenvalue weighted by atomic mass is 16.4. The highest BCUT2D eigenvalue weighted by Crippen LogP contribution is 2.25. The van der Waals surface area contributed by atoms with E-state index in [0.717, 1.165) is 42.4 Å². The first kappa shape index (κ1) is 22.3. The fourth-order valence-electron chi connectivity index (χ4n) is 3.75. The van der Waals surface area contributed by atoms with Gasteiger partial charge in [0.05, 0.1) is 6.42 Å². The van der Waals surface area contributed by atoms with E-state index in [-0.39, 0.29) is 30.7 Å². The molecule has 0 saturated heterocycles. The van der Waals surface area contributed by atoms with Crippen LogP contribution >= 0.6 is 0 Å². The summed E-state index contributed by atoms with van der Waals surface area (Å²) in [5, 5.41) is 14.5. The molecule has 0 bridgehead atoms. The molecule has 0 heterocycles. The summed E-state index contributed by atoms with van der Waals surface area (Å²) in [5.41, 5.74) is 3.17. The van der Waals surface area contributed by atoms with E-state index in [1.807, 2.05) is 42.5 Å². The van der Waals surface area contributed by atoms with Crippen molar-refractivity contribution < 1.29 is 19.5 Å². The number of anilines is 1. The average Bonchev–Trinajstić information content (AvgIpc) is 2.78. The molecule has 0 aromatic heterocycles. The zero-order valence-electron chi connectivity index (χ0n) is 17.5. The van der Waals surface area contributed by atoms with Gasteiger partial charge in [0.1, 0.15) is 0 Å². The molecule has 2 aromatic carbocycles. The molecule has 31 heavy (non-hydrogen) atoms. The lowest BCUT2D eigenvalue weighted by molar-refractivity contribution is -0.138. The van der Waals surface area contributed by atoms with E-state index < -0.39 is 5.97 Å². The Balaban J connectivity index is 1.75. The molecule has 6 nitrogen and oxygen atoms in total. The number of carboxylic acids is 1. The van der Waals surface area contributed by atoms with E-state index in [1.165, 1.54) is 6.42 Å². The number of benzene rings is 2. The lowest BCUT2D eigenvalue weighted by Gasteiger charge is -2.22. The Morgan fingerprint density at radius 3 is 2.16 bits per heavy atom. The third-order valence-electron chi connectivity index (χ3n) is 5.36. The minimum atomic E-state index is -1.00. The van der Waals surface area contributed by atoms with Gasteiger partial charge in [0.15, 0.2) is 0 Å². The summed E-state index contributed by atoms with van der Waals surface area (Å²) in [7, 11) is 0. The highest BCUT2D eigenvalue weighted by Gasteiger charge is 2.16. The molecule has 2 amide bonds. The van der Waals surface area contributed by atoms with Gasteiger partial charge in [-0.3, -0.25) is 14.4 Å². The molecule has 3 rings (SSSR count). The Morgan fingerprint density at radius 1 is 0.871 bits per heavy atom. The van der Waals surface area contributed by atoms with Crippen LogP contribution in [0.1, 0.15) is 56.1 Å². The van der Waals surface area contributed by atoms with Crippen molar-refractivity contribution in [2.45, 2.75) is 51.0 Å². The fourth-order valence-corrected chi connectivity index (χ4v) is 3.75. The van der Waals surface area contributed by atoms with Crippen LogP contribution in [0.25, 0.3) is 5.57 Å². The second-order valence-corrected chi connectivity index (χ2v) is 7.79. The Labute approximate surface area is 182 Å². The van der Waals surface area contributed by atoms with Crippen molar-refractivity contribution in [2.24, 2.45) is 0 Å². The van der Waals surface area contributed by atoms with Crippen LogP contribution < -0.4 is 10.6 Å².